The summed E-state index contributed by atoms with van der Waals surface area (Å²) in [5, 5.41) is 13.1. The first kappa shape index (κ1) is 13.3. The van der Waals surface area contributed by atoms with Crippen LogP contribution >= 0.6 is 0 Å². The number of hydrogen-bond acceptors (Lipinski definition) is 4. The van der Waals surface area contributed by atoms with Crippen LogP contribution in [0.5, 0.6) is 0 Å². The average Bonchev–Trinajstić information content (AvgIpc) is 2.92. The van der Waals surface area contributed by atoms with Gasteiger partial charge in [-0.1, -0.05) is 0 Å². The summed E-state index contributed by atoms with van der Waals surface area (Å²) in [5.41, 5.74) is -0.172. The van der Waals surface area contributed by atoms with E-state index in [1.165, 1.54) is 25.7 Å². The van der Waals surface area contributed by atoms with E-state index in [9.17, 15) is 5.11 Å². The highest BCUT2D eigenvalue weighted by Crippen LogP contribution is 2.23. The maximum Gasteiger partial charge on any atom is 0.0702 e. The van der Waals surface area contributed by atoms with Gasteiger partial charge in [-0.25, -0.2) is 0 Å². The Hall–Kier alpha value is -0.160. The van der Waals surface area contributed by atoms with Gasteiger partial charge >= 0.3 is 0 Å². The fraction of sp³-hybridized carbons (Fsp3) is 1.00. The van der Waals surface area contributed by atoms with Gasteiger partial charge in [0.15, 0.2) is 0 Å². The molecule has 2 unspecified atom stereocenters. The lowest BCUT2D eigenvalue weighted by Crippen LogP contribution is -2.54. The van der Waals surface area contributed by atoms with Crippen molar-refractivity contribution in [1.29, 1.82) is 0 Å². The topological polar surface area (TPSA) is 44.7 Å². The van der Waals surface area contributed by atoms with Crippen LogP contribution in [0.25, 0.3) is 0 Å². The highest BCUT2D eigenvalue weighted by atomic mass is 16.5. The molecule has 2 aliphatic rings. The molecule has 0 amide bonds. The fourth-order valence-electron chi connectivity index (χ4n) is 2.66. The van der Waals surface area contributed by atoms with Crippen LogP contribution in [0, 0.1) is 0 Å². The van der Waals surface area contributed by atoms with Gasteiger partial charge in [-0.3, -0.25) is 0 Å². The number of aliphatic hydroxyl groups excluding tert-OH is 1. The van der Waals surface area contributed by atoms with Gasteiger partial charge in [-0.2, -0.15) is 0 Å². The molecule has 1 aliphatic carbocycles. The molecule has 2 rings (SSSR count). The Bertz CT molecular complexity index is 240. The lowest BCUT2D eigenvalue weighted by atomic mass is 10.0. The van der Waals surface area contributed by atoms with Crippen molar-refractivity contribution in [2.45, 2.75) is 50.3 Å². The first-order valence-electron chi connectivity index (χ1n) is 6.80. The highest BCUT2D eigenvalue weighted by molar-refractivity contribution is 4.94. The zero-order valence-corrected chi connectivity index (χ0v) is 11.1. The quantitative estimate of drug-likeness (QED) is 0.686. The second-order valence-corrected chi connectivity index (χ2v) is 5.97. The Morgan fingerprint density at radius 3 is 2.71 bits per heavy atom. The third-order valence-electron chi connectivity index (χ3n) is 3.64. The summed E-state index contributed by atoms with van der Waals surface area (Å²) in [6.07, 6.45) is 5.27. The van der Waals surface area contributed by atoms with E-state index in [4.69, 9.17) is 4.74 Å². The predicted molar refractivity (Wildman–Crippen MR) is 68.1 cm³/mol. The van der Waals surface area contributed by atoms with E-state index in [1.807, 2.05) is 0 Å². The molecule has 100 valence electrons. The average molecular weight is 242 g/mol. The molecule has 0 spiro atoms. The van der Waals surface area contributed by atoms with Crippen molar-refractivity contribution >= 4 is 0 Å². The molecule has 0 aromatic heterocycles. The number of nitrogens with one attached hydrogen (secondary N) is 1. The van der Waals surface area contributed by atoms with E-state index >= 15 is 0 Å². The summed E-state index contributed by atoms with van der Waals surface area (Å²) in [7, 11) is 2.12. The molecule has 0 radical (unpaired) electrons. The Morgan fingerprint density at radius 1 is 1.41 bits per heavy atom. The van der Waals surface area contributed by atoms with E-state index in [2.05, 4.69) is 24.2 Å². The maximum absolute atomic E-state index is 9.55. The number of hydrogen-bond donors (Lipinski definition) is 2. The van der Waals surface area contributed by atoms with Crippen LogP contribution in [-0.4, -0.2) is 61.0 Å². The second-order valence-electron chi connectivity index (χ2n) is 5.97. The fourth-order valence-corrected chi connectivity index (χ4v) is 2.66. The predicted octanol–water partition coefficient (Wildman–Crippen LogP) is 0.600. The molecule has 2 N–H and O–H groups in total. The largest absolute Gasteiger partial charge is 0.394 e. The molecule has 0 bridgehead atoms. The normalized spacial score (nSPS) is 28.6. The first-order valence-corrected chi connectivity index (χ1v) is 6.80. The summed E-state index contributed by atoms with van der Waals surface area (Å²) in [6, 6.07) is 0.628. The van der Waals surface area contributed by atoms with E-state index in [-0.39, 0.29) is 12.1 Å². The zero-order valence-electron chi connectivity index (χ0n) is 11.1. The van der Waals surface area contributed by atoms with Gasteiger partial charge < -0.3 is 20.1 Å². The minimum atomic E-state index is -0.172. The Balaban J connectivity index is 1.75. The Kier molecular flexibility index (Phi) is 4.42. The van der Waals surface area contributed by atoms with Gasteiger partial charge in [0, 0.05) is 25.7 Å². The Morgan fingerprint density at radius 2 is 2.18 bits per heavy atom. The van der Waals surface area contributed by atoms with Crippen molar-refractivity contribution in [3.63, 3.8) is 0 Å². The van der Waals surface area contributed by atoms with E-state index < -0.39 is 0 Å². The van der Waals surface area contributed by atoms with E-state index in [0.717, 1.165) is 19.7 Å². The molecule has 1 saturated carbocycles. The summed E-state index contributed by atoms with van der Waals surface area (Å²) >= 11 is 0. The molecule has 4 heteroatoms. The minimum absolute atomic E-state index is 0.172. The zero-order chi connectivity index (χ0) is 12.3. The molecule has 1 saturated heterocycles. The molecule has 2 fully saturated rings. The van der Waals surface area contributed by atoms with Gasteiger partial charge in [0.1, 0.15) is 0 Å². The van der Waals surface area contributed by atoms with Crippen molar-refractivity contribution in [3.8, 4) is 0 Å². The first-order chi connectivity index (χ1) is 8.11. The lowest BCUT2D eigenvalue weighted by molar-refractivity contribution is 0.0628. The maximum atomic E-state index is 9.55. The van der Waals surface area contributed by atoms with Crippen LogP contribution in [0.15, 0.2) is 0 Å². The summed E-state index contributed by atoms with van der Waals surface area (Å²) in [5.74, 6) is 0. The van der Waals surface area contributed by atoms with Gasteiger partial charge in [-0.05, 0) is 39.7 Å². The number of ether oxygens (including phenoxy) is 1. The molecule has 1 heterocycles. The van der Waals surface area contributed by atoms with Crippen molar-refractivity contribution in [2.24, 2.45) is 0 Å². The molecular weight excluding hydrogens is 216 g/mol. The van der Waals surface area contributed by atoms with Gasteiger partial charge in [0.2, 0.25) is 0 Å². The molecule has 2 atom stereocenters. The number of aliphatic hydroxyl groups is 1. The molecule has 1 aliphatic heterocycles. The summed E-state index contributed by atoms with van der Waals surface area (Å²) in [4.78, 5) is 2.28. The van der Waals surface area contributed by atoms with Crippen molar-refractivity contribution in [3.05, 3.63) is 0 Å². The lowest BCUT2D eigenvalue weighted by Gasteiger charge is -2.34. The SMILES string of the molecule is CN(CC1CCCO1)CC(C)(CO)NC1CC1. The molecule has 4 nitrogen and oxygen atoms in total. The van der Waals surface area contributed by atoms with Gasteiger partial charge in [0.05, 0.1) is 18.2 Å². The van der Waals surface area contributed by atoms with Crippen LogP contribution in [-0.2, 0) is 4.74 Å². The minimum Gasteiger partial charge on any atom is -0.394 e. The number of nitrogens with zero attached hydrogens (tertiary/aromatic N) is 1. The van der Waals surface area contributed by atoms with Gasteiger partial charge in [0.25, 0.3) is 0 Å². The smallest absolute Gasteiger partial charge is 0.0702 e. The summed E-state index contributed by atoms with van der Waals surface area (Å²) < 4.78 is 5.64. The number of rotatable bonds is 7. The van der Waals surface area contributed by atoms with Gasteiger partial charge in [-0.15, -0.1) is 0 Å². The Labute approximate surface area is 104 Å². The molecule has 17 heavy (non-hydrogen) atoms. The second kappa shape index (κ2) is 5.65. The van der Waals surface area contributed by atoms with Crippen LogP contribution in [0.1, 0.15) is 32.6 Å². The van der Waals surface area contributed by atoms with Crippen LogP contribution in [0.2, 0.25) is 0 Å². The molecule has 0 aromatic carbocycles. The molecular formula is C13H26N2O2. The van der Waals surface area contributed by atoms with Crippen LogP contribution in [0.4, 0.5) is 0 Å². The van der Waals surface area contributed by atoms with Crippen molar-refractivity contribution in [1.82, 2.24) is 10.2 Å². The monoisotopic (exact) mass is 242 g/mol. The molecule has 0 aromatic rings. The highest BCUT2D eigenvalue weighted by Gasteiger charge is 2.33. The standard InChI is InChI=1S/C13H26N2O2/c1-13(10-16,14-11-5-6-11)9-15(2)8-12-4-3-7-17-12/h11-12,14,16H,3-10H2,1-2H3. The number of likely N-dealkylation sites (N-methyl/N-ethyl adjacent to an activating group) is 1. The summed E-state index contributed by atoms with van der Waals surface area (Å²) in [6.45, 7) is 5.06. The van der Waals surface area contributed by atoms with Crippen LogP contribution in [0.3, 0.4) is 0 Å². The van der Waals surface area contributed by atoms with E-state index in [1.54, 1.807) is 0 Å². The third kappa shape index (κ3) is 4.21. The van der Waals surface area contributed by atoms with Crippen LogP contribution < -0.4 is 5.32 Å². The van der Waals surface area contributed by atoms with Crippen molar-refractivity contribution in [2.75, 3.05) is 33.4 Å². The van der Waals surface area contributed by atoms with E-state index in [0.29, 0.717) is 12.1 Å². The third-order valence-corrected chi connectivity index (χ3v) is 3.64. The van der Waals surface area contributed by atoms with Crippen molar-refractivity contribution < 1.29 is 9.84 Å².